The van der Waals surface area contributed by atoms with Crippen LogP contribution in [0.1, 0.15) is 53.4 Å². The summed E-state index contributed by atoms with van der Waals surface area (Å²) >= 11 is 0. The molecular weight excluding hydrogens is 246 g/mol. The van der Waals surface area contributed by atoms with Crippen LogP contribution in [-0.2, 0) is 4.74 Å². The topological polar surface area (TPSA) is 9.23 Å². The van der Waals surface area contributed by atoms with Crippen molar-refractivity contribution in [2.24, 2.45) is 17.8 Å². The highest BCUT2D eigenvalue weighted by atomic mass is 19.2. The fraction of sp³-hybridized carbons (Fsp3) is 0.875. The zero-order valence-corrected chi connectivity index (χ0v) is 12.7. The number of allylic oxidation sites excluding steroid dienone is 1. The van der Waals surface area contributed by atoms with E-state index in [1.807, 2.05) is 6.92 Å². The molecule has 0 aromatic rings. The quantitative estimate of drug-likeness (QED) is 0.615. The largest absolute Gasteiger partial charge is 0.493 e. The summed E-state index contributed by atoms with van der Waals surface area (Å²) in [7, 11) is 0. The Balaban J connectivity index is 2.50. The van der Waals surface area contributed by atoms with Crippen LogP contribution in [-0.4, -0.2) is 18.4 Å². The first-order valence-electron chi connectivity index (χ1n) is 7.43. The maximum atomic E-state index is 14.3. The van der Waals surface area contributed by atoms with Gasteiger partial charge in [0.15, 0.2) is 6.17 Å². The average Bonchev–Trinajstić information content (AvgIpc) is 2.36. The molecule has 0 amide bonds. The molecule has 0 N–H and O–H groups in total. The average molecular weight is 274 g/mol. The lowest BCUT2D eigenvalue weighted by Gasteiger charge is -2.34. The van der Waals surface area contributed by atoms with E-state index in [2.05, 4.69) is 13.5 Å². The summed E-state index contributed by atoms with van der Waals surface area (Å²) in [5.74, 6) is 1.23. The number of hydrogen-bond acceptors (Lipinski definition) is 1. The smallest absolute Gasteiger partial charge is 0.168 e. The Labute approximate surface area is 116 Å². The number of ether oxygens (including phenoxy) is 1. The minimum absolute atomic E-state index is 0.237. The Morgan fingerprint density at radius 1 is 1.11 bits per heavy atom. The third-order valence-electron chi connectivity index (χ3n) is 4.45. The predicted octanol–water partition coefficient (Wildman–Crippen LogP) is 5.06. The van der Waals surface area contributed by atoms with Crippen LogP contribution >= 0.6 is 0 Å². The Kier molecular flexibility index (Phi) is 6.28. The Morgan fingerprint density at radius 2 is 1.63 bits per heavy atom. The van der Waals surface area contributed by atoms with Crippen LogP contribution in [0.5, 0.6) is 0 Å². The molecule has 1 fully saturated rings. The van der Waals surface area contributed by atoms with Crippen LogP contribution in [0.3, 0.4) is 0 Å². The first-order valence-corrected chi connectivity index (χ1v) is 7.43. The first-order chi connectivity index (χ1) is 8.82. The monoisotopic (exact) mass is 274 g/mol. The molecule has 1 aliphatic rings. The van der Waals surface area contributed by atoms with Crippen LogP contribution in [0.15, 0.2) is 12.3 Å². The SMILES string of the molecule is C=C(C)OC(C)C(F)C(F)C(C)C1CCC(C)CC1. The number of alkyl halides is 2. The molecule has 1 saturated carbocycles. The number of hydrogen-bond donors (Lipinski definition) is 0. The normalized spacial score (nSPS) is 30.2. The fourth-order valence-corrected chi connectivity index (χ4v) is 3.00. The van der Waals surface area contributed by atoms with Gasteiger partial charge in [-0.1, -0.05) is 33.3 Å². The molecule has 0 aliphatic heterocycles. The van der Waals surface area contributed by atoms with Gasteiger partial charge in [-0.15, -0.1) is 0 Å². The van der Waals surface area contributed by atoms with Crippen molar-refractivity contribution in [3.8, 4) is 0 Å². The molecule has 0 spiro atoms. The second-order valence-corrected chi connectivity index (χ2v) is 6.29. The lowest BCUT2D eigenvalue weighted by atomic mass is 9.74. The molecule has 1 aliphatic carbocycles. The van der Waals surface area contributed by atoms with Gasteiger partial charge in [-0.25, -0.2) is 8.78 Å². The molecule has 112 valence electrons. The van der Waals surface area contributed by atoms with Gasteiger partial charge in [0.05, 0.1) is 5.76 Å². The fourth-order valence-electron chi connectivity index (χ4n) is 3.00. The van der Waals surface area contributed by atoms with Gasteiger partial charge in [-0.3, -0.25) is 0 Å². The van der Waals surface area contributed by atoms with Gasteiger partial charge in [-0.2, -0.15) is 0 Å². The lowest BCUT2D eigenvalue weighted by Crippen LogP contribution is -2.38. The zero-order chi connectivity index (χ0) is 14.6. The van der Waals surface area contributed by atoms with Gasteiger partial charge in [0.25, 0.3) is 0 Å². The van der Waals surface area contributed by atoms with E-state index >= 15 is 0 Å². The Bertz CT molecular complexity index is 284. The van der Waals surface area contributed by atoms with E-state index in [1.165, 1.54) is 0 Å². The van der Waals surface area contributed by atoms with Crippen LogP contribution in [0.2, 0.25) is 0 Å². The predicted molar refractivity (Wildman–Crippen MR) is 75.4 cm³/mol. The van der Waals surface area contributed by atoms with E-state index in [-0.39, 0.29) is 5.92 Å². The van der Waals surface area contributed by atoms with E-state index in [0.717, 1.165) is 31.6 Å². The molecule has 0 saturated heterocycles. The van der Waals surface area contributed by atoms with Crippen LogP contribution < -0.4 is 0 Å². The van der Waals surface area contributed by atoms with Crippen molar-refractivity contribution < 1.29 is 13.5 Å². The first kappa shape index (κ1) is 16.5. The standard InChI is InChI=1S/C16H28F2O/c1-10(2)19-13(5)16(18)15(17)12(4)14-8-6-11(3)7-9-14/h11-16H,1,6-9H2,2-5H3. The molecule has 0 aromatic heterocycles. The molecule has 0 radical (unpaired) electrons. The third kappa shape index (κ3) is 4.77. The minimum atomic E-state index is -1.58. The molecule has 3 heteroatoms. The summed E-state index contributed by atoms with van der Waals surface area (Å²) in [6, 6.07) is 0. The minimum Gasteiger partial charge on any atom is -0.493 e. The van der Waals surface area contributed by atoms with Crippen molar-refractivity contribution in [2.45, 2.75) is 71.8 Å². The van der Waals surface area contributed by atoms with Gasteiger partial charge >= 0.3 is 0 Å². The molecule has 0 bridgehead atoms. The number of rotatable bonds is 6. The van der Waals surface area contributed by atoms with Crippen LogP contribution in [0, 0.1) is 17.8 Å². The highest BCUT2D eigenvalue weighted by Gasteiger charge is 2.37. The van der Waals surface area contributed by atoms with E-state index in [9.17, 15) is 8.78 Å². The summed E-state index contributed by atoms with van der Waals surface area (Å²) in [6.45, 7) is 10.9. The van der Waals surface area contributed by atoms with Crippen molar-refractivity contribution in [1.82, 2.24) is 0 Å². The summed E-state index contributed by atoms with van der Waals surface area (Å²) in [5.41, 5.74) is 0. The van der Waals surface area contributed by atoms with E-state index in [4.69, 9.17) is 4.74 Å². The summed E-state index contributed by atoms with van der Waals surface area (Å²) in [4.78, 5) is 0. The van der Waals surface area contributed by atoms with Crippen molar-refractivity contribution in [3.63, 3.8) is 0 Å². The zero-order valence-electron chi connectivity index (χ0n) is 12.7. The lowest BCUT2D eigenvalue weighted by molar-refractivity contribution is -0.0156. The summed E-state index contributed by atoms with van der Waals surface area (Å²) < 4.78 is 33.6. The highest BCUT2D eigenvalue weighted by Crippen LogP contribution is 2.37. The molecule has 0 heterocycles. The van der Waals surface area contributed by atoms with Crippen LogP contribution in [0.4, 0.5) is 8.78 Å². The molecule has 0 aromatic carbocycles. The Hall–Kier alpha value is -0.600. The molecule has 4 atom stereocenters. The summed E-state index contributed by atoms with van der Waals surface area (Å²) in [5, 5.41) is 0. The van der Waals surface area contributed by atoms with Gasteiger partial charge in [0.1, 0.15) is 12.3 Å². The molecule has 19 heavy (non-hydrogen) atoms. The van der Waals surface area contributed by atoms with Gasteiger partial charge in [0.2, 0.25) is 0 Å². The molecule has 4 unspecified atom stereocenters. The molecule has 1 rings (SSSR count). The van der Waals surface area contributed by atoms with Crippen molar-refractivity contribution in [2.75, 3.05) is 0 Å². The van der Waals surface area contributed by atoms with Gasteiger partial charge < -0.3 is 4.74 Å². The van der Waals surface area contributed by atoms with Crippen molar-refractivity contribution in [3.05, 3.63) is 12.3 Å². The van der Waals surface area contributed by atoms with Crippen LogP contribution in [0.25, 0.3) is 0 Å². The van der Waals surface area contributed by atoms with Crippen molar-refractivity contribution >= 4 is 0 Å². The maximum absolute atomic E-state index is 14.3. The molecular formula is C16H28F2O. The van der Waals surface area contributed by atoms with Crippen molar-refractivity contribution in [1.29, 1.82) is 0 Å². The third-order valence-corrected chi connectivity index (χ3v) is 4.45. The maximum Gasteiger partial charge on any atom is 0.168 e. The second kappa shape index (κ2) is 7.25. The summed E-state index contributed by atoms with van der Waals surface area (Å²) in [6.07, 6.45) is 0.514. The highest BCUT2D eigenvalue weighted by molar-refractivity contribution is 4.87. The number of halogens is 2. The van der Waals surface area contributed by atoms with E-state index in [1.54, 1.807) is 13.8 Å². The second-order valence-electron chi connectivity index (χ2n) is 6.29. The Morgan fingerprint density at radius 3 is 2.11 bits per heavy atom. The van der Waals surface area contributed by atoms with Gasteiger partial charge in [-0.05, 0) is 44.4 Å². The van der Waals surface area contributed by atoms with Gasteiger partial charge in [0, 0.05) is 0 Å². The van der Waals surface area contributed by atoms with E-state index < -0.39 is 18.4 Å². The van der Waals surface area contributed by atoms with E-state index in [0.29, 0.717) is 11.7 Å². The molecule has 1 nitrogen and oxygen atoms in total.